The Morgan fingerprint density at radius 3 is 2.11 bits per heavy atom. The van der Waals surface area contributed by atoms with Gasteiger partial charge in [-0.3, -0.25) is 0 Å². The van der Waals surface area contributed by atoms with Crippen molar-refractivity contribution in [3.8, 4) is 5.75 Å². The SMILES string of the molecule is CC(C)(Oc1ccc(CBr)cc1)c1ccccc1. The van der Waals surface area contributed by atoms with Gasteiger partial charge in [0.05, 0.1) is 0 Å². The fourth-order valence-electron chi connectivity index (χ4n) is 1.84. The van der Waals surface area contributed by atoms with Gasteiger partial charge < -0.3 is 4.74 Å². The predicted octanol–water partition coefficient (Wildman–Crippen LogP) is 4.90. The van der Waals surface area contributed by atoms with Gasteiger partial charge in [0.15, 0.2) is 0 Å². The van der Waals surface area contributed by atoms with Crippen LogP contribution in [0, 0.1) is 0 Å². The molecule has 0 fully saturated rings. The Bertz CT molecular complexity index is 488. The lowest BCUT2D eigenvalue weighted by atomic mass is 9.98. The summed E-state index contributed by atoms with van der Waals surface area (Å²) in [6.07, 6.45) is 0. The monoisotopic (exact) mass is 304 g/mol. The Balaban J connectivity index is 2.16. The lowest BCUT2D eigenvalue weighted by Crippen LogP contribution is -2.25. The number of ether oxygens (including phenoxy) is 1. The molecule has 2 aromatic rings. The highest BCUT2D eigenvalue weighted by molar-refractivity contribution is 9.08. The lowest BCUT2D eigenvalue weighted by molar-refractivity contribution is 0.109. The van der Waals surface area contributed by atoms with Gasteiger partial charge in [0, 0.05) is 5.33 Å². The maximum Gasteiger partial charge on any atom is 0.128 e. The van der Waals surface area contributed by atoms with Crippen molar-refractivity contribution in [3.05, 3.63) is 65.7 Å². The van der Waals surface area contributed by atoms with Crippen molar-refractivity contribution in [1.29, 1.82) is 0 Å². The molecule has 0 heterocycles. The van der Waals surface area contributed by atoms with Crippen LogP contribution in [0.15, 0.2) is 54.6 Å². The van der Waals surface area contributed by atoms with E-state index >= 15 is 0 Å². The van der Waals surface area contributed by atoms with E-state index in [1.165, 1.54) is 11.1 Å². The quantitative estimate of drug-likeness (QED) is 0.730. The molecule has 0 saturated carbocycles. The van der Waals surface area contributed by atoms with Crippen molar-refractivity contribution < 1.29 is 4.74 Å². The van der Waals surface area contributed by atoms with Gasteiger partial charge in [-0.2, -0.15) is 0 Å². The molecule has 0 aliphatic carbocycles. The molecule has 0 atom stereocenters. The molecule has 0 N–H and O–H groups in total. The number of hydrogen-bond donors (Lipinski definition) is 0. The summed E-state index contributed by atoms with van der Waals surface area (Å²) in [5.41, 5.74) is 2.10. The summed E-state index contributed by atoms with van der Waals surface area (Å²) in [4.78, 5) is 0. The van der Waals surface area contributed by atoms with E-state index < -0.39 is 0 Å². The molecule has 94 valence electrons. The number of rotatable bonds is 4. The van der Waals surface area contributed by atoms with E-state index in [4.69, 9.17) is 4.74 Å². The van der Waals surface area contributed by atoms with Crippen LogP contribution in [0.4, 0.5) is 0 Å². The van der Waals surface area contributed by atoms with Gasteiger partial charge in [0.2, 0.25) is 0 Å². The molecule has 0 aromatic heterocycles. The molecule has 2 rings (SSSR count). The minimum Gasteiger partial charge on any atom is -0.483 e. The van der Waals surface area contributed by atoms with Crippen LogP contribution >= 0.6 is 15.9 Å². The Labute approximate surface area is 117 Å². The Morgan fingerprint density at radius 2 is 1.56 bits per heavy atom. The van der Waals surface area contributed by atoms with Gasteiger partial charge in [-0.1, -0.05) is 58.4 Å². The summed E-state index contributed by atoms with van der Waals surface area (Å²) in [6, 6.07) is 18.5. The van der Waals surface area contributed by atoms with Gasteiger partial charge in [-0.25, -0.2) is 0 Å². The van der Waals surface area contributed by atoms with Crippen LogP contribution < -0.4 is 4.74 Å². The minimum atomic E-state index is -0.322. The number of alkyl halides is 1. The summed E-state index contributed by atoms with van der Waals surface area (Å²) < 4.78 is 6.07. The van der Waals surface area contributed by atoms with Crippen molar-refractivity contribution in [3.63, 3.8) is 0 Å². The highest BCUT2D eigenvalue weighted by Gasteiger charge is 2.22. The summed E-state index contributed by atoms with van der Waals surface area (Å²) in [6.45, 7) is 4.17. The van der Waals surface area contributed by atoms with E-state index in [-0.39, 0.29) is 5.60 Å². The van der Waals surface area contributed by atoms with Crippen LogP contribution in [0.3, 0.4) is 0 Å². The third-order valence-electron chi connectivity index (χ3n) is 2.92. The van der Waals surface area contributed by atoms with E-state index in [2.05, 4.69) is 54.0 Å². The number of hydrogen-bond acceptors (Lipinski definition) is 1. The van der Waals surface area contributed by atoms with Crippen molar-refractivity contribution in [2.45, 2.75) is 24.8 Å². The Morgan fingerprint density at radius 1 is 0.944 bits per heavy atom. The molecule has 0 radical (unpaired) electrons. The van der Waals surface area contributed by atoms with Gasteiger partial charge >= 0.3 is 0 Å². The summed E-state index contributed by atoms with van der Waals surface area (Å²) in [5.74, 6) is 0.897. The predicted molar refractivity (Wildman–Crippen MR) is 79.2 cm³/mol. The second kappa shape index (κ2) is 5.57. The molecule has 0 aliphatic rings. The van der Waals surface area contributed by atoms with Crippen molar-refractivity contribution in [2.24, 2.45) is 0 Å². The van der Waals surface area contributed by atoms with E-state index in [0.29, 0.717) is 0 Å². The standard InChI is InChI=1S/C16H17BrO/c1-16(2,14-6-4-3-5-7-14)18-15-10-8-13(12-17)9-11-15/h3-11H,12H2,1-2H3. The van der Waals surface area contributed by atoms with Crippen LogP contribution in [0.1, 0.15) is 25.0 Å². The smallest absolute Gasteiger partial charge is 0.128 e. The summed E-state index contributed by atoms with van der Waals surface area (Å²) in [5, 5.41) is 0.870. The number of halogens is 1. The largest absolute Gasteiger partial charge is 0.483 e. The molecular formula is C16H17BrO. The molecular weight excluding hydrogens is 288 g/mol. The molecule has 0 amide bonds. The average molecular weight is 305 g/mol. The average Bonchev–Trinajstić information content (AvgIpc) is 2.40. The zero-order valence-corrected chi connectivity index (χ0v) is 12.3. The van der Waals surface area contributed by atoms with Gasteiger partial charge in [0.1, 0.15) is 11.4 Å². The van der Waals surface area contributed by atoms with E-state index in [9.17, 15) is 0 Å². The molecule has 0 bridgehead atoms. The van der Waals surface area contributed by atoms with Crippen molar-refractivity contribution in [1.82, 2.24) is 0 Å². The second-order valence-electron chi connectivity index (χ2n) is 4.76. The first kappa shape index (κ1) is 13.2. The Kier molecular flexibility index (Phi) is 4.07. The van der Waals surface area contributed by atoms with E-state index in [0.717, 1.165) is 11.1 Å². The maximum atomic E-state index is 6.07. The highest BCUT2D eigenvalue weighted by atomic mass is 79.9. The molecule has 0 aliphatic heterocycles. The molecule has 2 heteroatoms. The van der Waals surface area contributed by atoms with Crippen molar-refractivity contribution >= 4 is 15.9 Å². The molecule has 18 heavy (non-hydrogen) atoms. The highest BCUT2D eigenvalue weighted by Crippen LogP contribution is 2.27. The fraction of sp³-hybridized carbons (Fsp3) is 0.250. The van der Waals surface area contributed by atoms with Crippen LogP contribution in [0.5, 0.6) is 5.75 Å². The second-order valence-corrected chi connectivity index (χ2v) is 5.32. The minimum absolute atomic E-state index is 0.322. The fourth-order valence-corrected chi connectivity index (χ4v) is 2.21. The summed E-state index contributed by atoms with van der Waals surface area (Å²) >= 11 is 3.44. The third kappa shape index (κ3) is 3.14. The normalized spacial score (nSPS) is 11.3. The van der Waals surface area contributed by atoms with Crippen molar-refractivity contribution in [2.75, 3.05) is 0 Å². The number of benzene rings is 2. The van der Waals surface area contributed by atoms with Crippen LogP contribution in [0.25, 0.3) is 0 Å². The zero-order valence-electron chi connectivity index (χ0n) is 10.7. The summed E-state index contributed by atoms with van der Waals surface area (Å²) in [7, 11) is 0. The molecule has 1 nitrogen and oxygen atoms in total. The lowest BCUT2D eigenvalue weighted by Gasteiger charge is -2.27. The van der Waals surface area contributed by atoms with Crippen LogP contribution in [-0.4, -0.2) is 0 Å². The van der Waals surface area contributed by atoms with Gasteiger partial charge in [0.25, 0.3) is 0 Å². The Hall–Kier alpha value is -1.28. The molecule has 0 saturated heterocycles. The van der Waals surface area contributed by atoms with Gasteiger partial charge in [-0.05, 0) is 37.1 Å². The maximum absolute atomic E-state index is 6.07. The molecule has 2 aromatic carbocycles. The van der Waals surface area contributed by atoms with E-state index in [1.807, 2.05) is 30.3 Å². The van der Waals surface area contributed by atoms with E-state index in [1.54, 1.807) is 0 Å². The topological polar surface area (TPSA) is 9.23 Å². The molecule has 0 unspecified atom stereocenters. The first-order chi connectivity index (χ1) is 8.62. The first-order valence-corrected chi connectivity index (χ1v) is 7.13. The van der Waals surface area contributed by atoms with Crippen LogP contribution in [0.2, 0.25) is 0 Å². The zero-order chi connectivity index (χ0) is 13.0. The van der Waals surface area contributed by atoms with Crippen LogP contribution in [-0.2, 0) is 10.9 Å². The molecule has 0 spiro atoms. The van der Waals surface area contributed by atoms with Gasteiger partial charge in [-0.15, -0.1) is 0 Å². The third-order valence-corrected chi connectivity index (χ3v) is 3.57. The first-order valence-electron chi connectivity index (χ1n) is 6.01.